The van der Waals surface area contributed by atoms with Crippen LogP contribution in [0.1, 0.15) is 23.0 Å². The first-order valence-electron chi connectivity index (χ1n) is 10.6. The molecule has 11 heteroatoms. The van der Waals surface area contributed by atoms with Gasteiger partial charge in [-0.1, -0.05) is 23.4 Å². The number of aromatic nitrogens is 5. The third-order valence-electron chi connectivity index (χ3n) is 5.83. The Balaban J connectivity index is 1.43. The van der Waals surface area contributed by atoms with Gasteiger partial charge in [-0.25, -0.2) is 13.4 Å². The summed E-state index contributed by atoms with van der Waals surface area (Å²) in [5.74, 6) is 0.381. The predicted octanol–water partition coefficient (Wildman–Crippen LogP) is 1.99. The Labute approximate surface area is 190 Å². The second-order valence-electron chi connectivity index (χ2n) is 8.10. The lowest BCUT2D eigenvalue weighted by molar-refractivity contribution is 0.0642. The molecule has 1 N–H and O–H groups in total. The number of sulfonamides is 1. The minimum atomic E-state index is -3.81. The van der Waals surface area contributed by atoms with Gasteiger partial charge in [0.2, 0.25) is 10.0 Å². The average molecular weight is 466 g/mol. The lowest BCUT2D eigenvalue weighted by atomic mass is 10.1. The van der Waals surface area contributed by atoms with Crippen LogP contribution in [0.25, 0.3) is 16.7 Å². The molecule has 0 radical (unpaired) electrons. The average Bonchev–Trinajstić information content (AvgIpc) is 3.45. The molecule has 0 saturated carbocycles. The number of pyridine rings is 1. The van der Waals surface area contributed by atoms with E-state index in [0.717, 1.165) is 5.69 Å². The van der Waals surface area contributed by atoms with Gasteiger partial charge in [-0.2, -0.15) is 8.99 Å². The molecule has 1 atom stereocenters. The zero-order chi connectivity index (χ0) is 23.2. The molecule has 1 aromatic carbocycles. The fraction of sp³-hybridized carbons (Fsp3) is 0.273. The van der Waals surface area contributed by atoms with Crippen LogP contribution in [0.15, 0.2) is 59.9 Å². The Hall–Kier alpha value is -3.57. The Morgan fingerprint density at radius 2 is 1.94 bits per heavy atom. The molecule has 4 aromatic rings. The number of aromatic amines is 1. The lowest BCUT2D eigenvalue weighted by Gasteiger charge is -2.38. The van der Waals surface area contributed by atoms with Crippen LogP contribution in [0.2, 0.25) is 0 Å². The van der Waals surface area contributed by atoms with E-state index in [0.29, 0.717) is 35.4 Å². The molecule has 1 amide bonds. The normalized spacial score (nSPS) is 17.5. The first-order chi connectivity index (χ1) is 15.9. The van der Waals surface area contributed by atoms with E-state index in [1.54, 1.807) is 35.5 Å². The van der Waals surface area contributed by atoms with Crippen LogP contribution in [0.4, 0.5) is 0 Å². The molecule has 4 heterocycles. The van der Waals surface area contributed by atoms with E-state index < -0.39 is 10.0 Å². The summed E-state index contributed by atoms with van der Waals surface area (Å²) in [6.45, 7) is 4.50. The lowest BCUT2D eigenvalue weighted by Crippen LogP contribution is -2.55. The number of benzene rings is 1. The molecule has 1 aliphatic rings. The summed E-state index contributed by atoms with van der Waals surface area (Å²) < 4.78 is 30.2. The molecule has 3 aromatic heterocycles. The van der Waals surface area contributed by atoms with Crippen LogP contribution in [0.5, 0.6) is 0 Å². The molecule has 0 aliphatic carbocycles. The topological polar surface area (TPSA) is 117 Å². The number of amides is 1. The van der Waals surface area contributed by atoms with Crippen molar-refractivity contribution in [2.45, 2.75) is 24.8 Å². The van der Waals surface area contributed by atoms with Gasteiger partial charge in [-0.3, -0.25) is 4.79 Å². The van der Waals surface area contributed by atoms with Crippen molar-refractivity contribution in [2.24, 2.45) is 0 Å². The first-order valence-corrected chi connectivity index (χ1v) is 12.0. The van der Waals surface area contributed by atoms with Crippen molar-refractivity contribution < 1.29 is 13.2 Å². The zero-order valence-corrected chi connectivity index (χ0v) is 19.0. The molecule has 5 rings (SSSR count). The molecule has 0 spiro atoms. The summed E-state index contributed by atoms with van der Waals surface area (Å²) in [5.41, 5.74) is 1.89. The Bertz CT molecular complexity index is 1430. The monoisotopic (exact) mass is 465 g/mol. The van der Waals surface area contributed by atoms with Gasteiger partial charge in [0.05, 0.1) is 17.4 Å². The van der Waals surface area contributed by atoms with Crippen LogP contribution in [-0.2, 0) is 10.0 Å². The summed E-state index contributed by atoms with van der Waals surface area (Å²) in [5, 5.41) is 8.56. The largest absolute Gasteiger partial charge is 0.357 e. The number of nitrogens with zero attached hydrogens (tertiary/aromatic N) is 6. The second kappa shape index (κ2) is 8.09. The number of hydrogen-bond acceptors (Lipinski definition) is 6. The number of carbonyl (C=O) groups excluding carboxylic acids is 1. The third-order valence-corrected chi connectivity index (χ3v) is 7.88. The smallest absolute Gasteiger partial charge is 0.253 e. The maximum Gasteiger partial charge on any atom is 0.253 e. The molecule has 170 valence electrons. The molecular formula is C22H23N7O3S. The van der Waals surface area contributed by atoms with Crippen molar-refractivity contribution in [3.8, 4) is 5.82 Å². The van der Waals surface area contributed by atoms with Crippen molar-refractivity contribution in [2.75, 3.05) is 19.6 Å². The van der Waals surface area contributed by atoms with Crippen molar-refractivity contribution in [1.29, 1.82) is 0 Å². The zero-order valence-electron chi connectivity index (χ0n) is 18.2. The van der Waals surface area contributed by atoms with Gasteiger partial charge in [-0.05, 0) is 32.0 Å². The number of nitrogens with one attached hydrogen (secondary N) is 1. The van der Waals surface area contributed by atoms with Crippen molar-refractivity contribution in [1.82, 2.24) is 34.2 Å². The quantitative estimate of drug-likeness (QED) is 0.493. The molecule has 1 aliphatic heterocycles. The Kier molecular flexibility index (Phi) is 5.22. The van der Waals surface area contributed by atoms with Gasteiger partial charge in [0, 0.05) is 49.0 Å². The summed E-state index contributed by atoms with van der Waals surface area (Å²) in [6, 6.07) is 10.3. The highest BCUT2D eigenvalue weighted by molar-refractivity contribution is 7.89. The van der Waals surface area contributed by atoms with Crippen LogP contribution in [-0.4, -0.2) is 74.2 Å². The van der Waals surface area contributed by atoms with E-state index >= 15 is 0 Å². The first kappa shape index (κ1) is 21.3. The Morgan fingerprint density at radius 1 is 1.15 bits per heavy atom. The van der Waals surface area contributed by atoms with E-state index in [9.17, 15) is 13.2 Å². The van der Waals surface area contributed by atoms with E-state index in [-0.39, 0.29) is 23.4 Å². The Morgan fingerprint density at radius 3 is 2.64 bits per heavy atom. The van der Waals surface area contributed by atoms with Crippen molar-refractivity contribution in [3.63, 3.8) is 0 Å². The fourth-order valence-corrected chi connectivity index (χ4v) is 5.99. The SMILES string of the molecule is Cc1cn(-c2nccc3c(S(=O)(=O)N4CCN(C(=O)c5ccccc5)C[C@H]4C)c[nH]c23)nn1. The van der Waals surface area contributed by atoms with E-state index in [1.165, 1.54) is 15.2 Å². The molecule has 1 saturated heterocycles. The van der Waals surface area contributed by atoms with Gasteiger partial charge in [0.25, 0.3) is 5.91 Å². The minimum Gasteiger partial charge on any atom is -0.357 e. The number of rotatable bonds is 4. The van der Waals surface area contributed by atoms with Gasteiger partial charge < -0.3 is 9.88 Å². The van der Waals surface area contributed by atoms with E-state index in [4.69, 9.17) is 0 Å². The van der Waals surface area contributed by atoms with Crippen LogP contribution < -0.4 is 0 Å². The molecule has 0 unspecified atom stereocenters. The number of piperazine rings is 1. The van der Waals surface area contributed by atoms with Gasteiger partial charge in [0.1, 0.15) is 4.90 Å². The molecular weight excluding hydrogens is 442 g/mol. The highest BCUT2D eigenvalue weighted by Gasteiger charge is 2.36. The van der Waals surface area contributed by atoms with Crippen LogP contribution in [0.3, 0.4) is 0 Å². The number of carbonyl (C=O) groups is 1. The molecule has 10 nitrogen and oxygen atoms in total. The number of H-pyrrole nitrogens is 1. The van der Waals surface area contributed by atoms with Gasteiger partial charge in [-0.15, -0.1) is 5.10 Å². The van der Waals surface area contributed by atoms with Crippen LogP contribution in [0, 0.1) is 6.92 Å². The van der Waals surface area contributed by atoms with Crippen molar-refractivity contribution >= 4 is 26.8 Å². The van der Waals surface area contributed by atoms with E-state index in [1.807, 2.05) is 32.0 Å². The number of hydrogen-bond donors (Lipinski definition) is 1. The molecule has 1 fully saturated rings. The molecule has 33 heavy (non-hydrogen) atoms. The van der Waals surface area contributed by atoms with Gasteiger partial charge in [0.15, 0.2) is 5.82 Å². The number of fused-ring (bicyclic) bond motifs is 1. The second-order valence-corrected chi connectivity index (χ2v) is 9.96. The highest BCUT2D eigenvalue weighted by Crippen LogP contribution is 2.30. The summed E-state index contributed by atoms with van der Waals surface area (Å²) in [6.07, 6.45) is 4.77. The van der Waals surface area contributed by atoms with Gasteiger partial charge >= 0.3 is 0 Å². The third kappa shape index (κ3) is 3.68. The number of aryl methyl sites for hydroxylation is 1. The van der Waals surface area contributed by atoms with Crippen LogP contribution >= 0.6 is 0 Å². The highest BCUT2D eigenvalue weighted by atomic mass is 32.2. The fourth-order valence-electron chi connectivity index (χ4n) is 4.22. The van der Waals surface area contributed by atoms with E-state index in [2.05, 4.69) is 20.3 Å². The summed E-state index contributed by atoms with van der Waals surface area (Å²) in [7, 11) is -3.81. The predicted molar refractivity (Wildman–Crippen MR) is 121 cm³/mol. The minimum absolute atomic E-state index is 0.0922. The maximum atomic E-state index is 13.6. The standard InChI is InChI=1S/C22H23N7O3S/c1-15-13-28(26-25-15)21-20-18(8-9-23-21)19(12-24-20)33(31,32)29-11-10-27(14-16(29)2)22(30)17-6-4-3-5-7-17/h3-9,12-13,16,24H,10-11,14H2,1-2H3/t16-/m1/s1. The maximum absolute atomic E-state index is 13.6. The summed E-state index contributed by atoms with van der Waals surface area (Å²) in [4.78, 5) is 22.1. The van der Waals surface area contributed by atoms with Crippen molar-refractivity contribution in [3.05, 3.63) is 66.2 Å². The molecule has 0 bridgehead atoms. The summed E-state index contributed by atoms with van der Waals surface area (Å²) >= 11 is 0.